The number of nitrogens with one attached hydrogen (secondary N) is 1. The second-order valence-corrected chi connectivity index (χ2v) is 6.21. The van der Waals surface area contributed by atoms with Gasteiger partial charge in [-0.05, 0) is 17.2 Å². The first kappa shape index (κ1) is 18.1. The van der Waals surface area contributed by atoms with Gasteiger partial charge in [0.2, 0.25) is 5.91 Å². The third-order valence-corrected chi connectivity index (χ3v) is 4.27. The van der Waals surface area contributed by atoms with Crippen molar-refractivity contribution in [1.29, 1.82) is 0 Å². The number of ketones is 1. The van der Waals surface area contributed by atoms with E-state index in [9.17, 15) is 14.7 Å². The molecule has 2 aromatic rings. The van der Waals surface area contributed by atoms with Crippen LogP contribution < -0.4 is 5.43 Å². The highest BCUT2D eigenvalue weighted by Gasteiger charge is 2.19. The Labute approximate surface area is 152 Å². The summed E-state index contributed by atoms with van der Waals surface area (Å²) in [4.78, 5) is 24.5. The molecule has 6 nitrogen and oxygen atoms in total. The number of hydrogen-bond donors (Lipinski definition) is 2. The van der Waals surface area contributed by atoms with E-state index in [0.717, 1.165) is 5.56 Å². The molecule has 0 aromatic heterocycles. The van der Waals surface area contributed by atoms with Gasteiger partial charge >= 0.3 is 0 Å². The van der Waals surface area contributed by atoms with Crippen molar-refractivity contribution in [2.24, 2.45) is 0 Å². The average Bonchev–Trinajstić information content (AvgIpc) is 2.65. The number of amides is 1. The molecule has 0 spiro atoms. The molecule has 1 aliphatic rings. The predicted molar refractivity (Wildman–Crippen MR) is 96.8 cm³/mol. The predicted octanol–water partition coefficient (Wildman–Crippen LogP) is 1.92. The standard InChI is InChI=1S/C20H22N2O4/c23-18(14-19(24)21-22-9-11-26-12-10-22)17-8-4-7-16(20(17)25)13-15-5-2-1-3-6-15/h1-8,25H,9-14H2,(H,21,24). The number of Topliss-reactive ketones (excluding diaryl/α,β-unsaturated/α-hetero) is 1. The molecule has 0 bridgehead atoms. The molecule has 0 aliphatic carbocycles. The van der Waals surface area contributed by atoms with E-state index < -0.39 is 5.78 Å². The minimum atomic E-state index is -0.400. The Bertz CT molecular complexity index is 771. The average molecular weight is 354 g/mol. The highest BCUT2D eigenvalue weighted by Crippen LogP contribution is 2.26. The van der Waals surface area contributed by atoms with Gasteiger partial charge in [0.15, 0.2) is 5.78 Å². The van der Waals surface area contributed by atoms with Crippen molar-refractivity contribution in [3.05, 3.63) is 65.2 Å². The monoisotopic (exact) mass is 354 g/mol. The van der Waals surface area contributed by atoms with Crippen molar-refractivity contribution < 1.29 is 19.4 Å². The number of phenolic OH excluding ortho intramolecular Hbond substituents is 1. The van der Waals surface area contributed by atoms with Gasteiger partial charge in [-0.25, -0.2) is 5.01 Å². The van der Waals surface area contributed by atoms with E-state index in [1.54, 1.807) is 23.2 Å². The lowest BCUT2D eigenvalue weighted by Crippen LogP contribution is -2.48. The summed E-state index contributed by atoms with van der Waals surface area (Å²) >= 11 is 0. The molecule has 1 aliphatic heterocycles. The number of carbonyl (C=O) groups excluding carboxylic acids is 2. The normalized spacial score (nSPS) is 14.8. The van der Waals surface area contributed by atoms with Gasteiger partial charge in [-0.2, -0.15) is 0 Å². The van der Waals surface area contributed by atoms with Gasteiger partial charge in [-0.1, -0.05) is 42.5 Å². The van der Waals surface area contributed by atoms with Crippen molar-refractivity contribution in [3.63, 3.8) is 0 Å². The first-order valence-electron chi connectivity index (χ1n) is 8.63. The number of aromatic hydroxyl groups is 1. The molecule has 0 saturated carbocycles. The van der Waals surface area contributed by atoms with Crippen molar-refractivity contribution in [1.82, 2.24) is 10.4 Å². The van der Waals surface area contributed by atoms with Gasteiger partial charge in [-0.3, -0.25) is 15.0 Å². The zero-order chi connectivity index (χ0) is 18.4. The number of carbonyl (C=O) groups is 2. The van der Waals surface area contributed by atoms with Crippen LogP contribution in [-0.4, -0.2) is 48.1 Å². The van der Waals surface area contributed by atoms with Gasteiger partial charge in [0.25, 0.3) is 0 Å². The number of benzene rings is 2. The molecule has 1 amide bonds. The largest absolute Gasteiger partial charge is 0.507 e. The highest BCUT2D eigenvalue weighted by atomic mass is 16.5. The summed E-state index contributed by atoms with van der Waals surface area (Å²) in [6, 6.07) is 14.8. The number of morpholine rings is 1. The number of ether oxygens (including phenoxy) is 1. The molecule has 0 unspecified atom stereocenters. The Morgan fingerprint density at radius 2 is 1.77 bits per heavy atom. The van der Waals surface area contributed by atoms with Crippen molar-refractivity contribution in [3.8, 4) is 5.75 Å². The van der Waals surface area contributed by atoms with Crippen LogP contribution in [-0.2, 0) is 16.0 Å². The minimum Gasteiger partial charge on any atom is -0.507 e. The SMILES string of the molecule is O=C(CC(=O)c1cccc(Cc2ccccc2)c1O)NN1CCOCC1. The van der Waals surface area contributed by atoms with Crippen molar-refractivity contribution in [2.45, 2.75) is 12.8 Å². The lowest BCUT2D eigenvalue weighted by molar-refractivity contribution is -0.127. The highest BCUT2D eigenvalue weighted by molar-refractivity contribution is 6.08. The topological polar surface area (TPSA) is 78.9 Å². The Balaban J connectivity index is 1.65. The summed E-state index contributed by atoms with van der Waals surface area (Å²) < 4.78 is 5.22. The maximum atomic E-state index is 12.5. The van der Waals surface area contributed by atoms with Crippen molar-refractivity contribution >= 4 is 11.7 Å². The first-order chi connectivity index (χ1) is 12.6. The van der Waals surface area contributed by atoms with Crippen LogP contribution in [0.25, 0.3) is 0 Å². The first-order valence-corrected chi connectivity index (χ1v) is 8.63. The molecule has 0 radical (unpaired) electrons. The van der Waals surface area contributed by atoms with Crippen LogP contribution in [0.5, 0.6) is 5.75 Å². The van der Waals surface area contributed by atoms with E-state index in [1.807, 2.05) is 30.3 Å². The van der Waals surface area contributed by atoms with E-state index in [-0.39, 0.29) is 23.6 Å². The molecule has 2 N–H and O–H groups in total. The molecule has 3 rings (SSSR count). The van der Waals surface area contributed by atoms with E-state index in [1.165, 1.54) is 0 Å². The molecule has 26 heavy (non-hydrogen) atoms. The summed E-state index contributed by atoms with van der Waals surface area (Å²) in [5.41, 5.74) is 4.58. The molecular formula is C20H22N2O4. The maximum Gasteiger partial charge on any atom is 0.242 e. The second-order valence-electron chi connectivity index (χ2n) is 6.21. The van der Waals surface area contributed by atoms with Gasteiger partial charge in [0.05, 0.1) is 25.2 Å². The minimum absolute atomic E-state index is 0.0551. The zero-order valence-corrected chi connectivity index (χ0v) is 14.5. The van der Waals surface area contributed by atoms with E-state index in [0.29, 0.717) is 38.3 Å². The molecular weight excluding hydrogens is 332 g/mol. The fraction of sp³-hybridized carbons (Fsp3) is 0.300. The van der Waals surface area contributed by atoms with Gasteiger partial charge < -0.3 is 9.84 Å². The van der Waals surface area contributed by atoms with Crippen LogP contribution in [0, 0.1) is 0 Å². The molecule has 6 heteroatoms. The van der Waals surface area contributed by atoms with Crippen molar-refractivity contribution in [2.75, 3.05) is 26.3 Å². The molecule has 1 saturated heterocycles. The van der Waals surface area contributed by atoms with Crippen LogP contribution in [0.2, 0.25) is 0 Å². The number of hydrogen-bond acceptors (Lipinski definition) is 5. The Hall–Kier alpha value is -2.70. The maximum absolute atomic E-state index is 12.5. The van der Waals surface area contributed by atoms with E-state index in [4.69, 9.17) is 4.74 Å². The number of hydrazine groups is 1. The Kier molecular flexibility index (Phi) is 5.99. The van der Waals surface area contributed by atoms with Crippen LogP contribution >= 0.6 is 0 Å². The van der Waals surface area contributed by atoms with Crippen LogP contribution in [0.3, 0.4) is 0 Å². The summed E-state index contributed by atoms with van der Waals surface area (Å²) in [6.07, 6.45) is 0.216. The van der Waals surface area contributed by atoms with Gasteiger partial charge in [-0.15, -0.1) is 0 Å². The second kappa shape index (κ2) is 8.60. The fourth-order valence-electron chi connectivity index (χ4n) is 2.91. The lowest BCUT2D eigenvalue weighted by Gasteiger charge is -2.26. The lowest BCUT2D eigenvalue weighted by atomic mass is 9.98. The molecule has 136 valence electrons. The Morgan fingerprint density at radius 3 is 2.50 bits per heavy atom. The van der Waals surface area contributed by atoms with Crippen LogP contribution in [0.4, 0.5) is 0 Å². The number of rotatable bonds is 6. The van der Waals surface area contributed by atoms with Crippen LogP contribution in [0.15, 0.2) is 48.5 Å². The van der Waals surface area contributed by atoms with Gasteiger partial charge in [0, 0.05) is 19.5 Å². The third-order valence-electron chi connectivity index (χ3n) is 4.27. The van der Waals surface area contributed by atoms with E-state index >= 15 is 0 Å². The quantitative estimate of drug-likeness (QED) is 0.612. The zero-order valence-electron chi connectivity index (χ0n) is 14.5. The fourth-order valence-corrected chi connectivity index (χ4v) is 2.91. The smallest absolute Gasteiger partial charge is 0.242 e. The summed E-state index contributed by atoms with van der Waals surface area (Å²) in [5.74, 6) is -0.839. The summed E-state index contributed by atoms with van der Waals surface area (Å²) in [6.45, 7) is 2.29. The molecule has 1 heterocycles. The molecule has 1 fully saturated rings. The third kappa shape index (κ3) is 4.68. The Morgan fingerprint density at radius 1 is 1.04 bits per heavy atom. The van der Waals surface area contributed by atoms with Crippen LogP contribution in [0.1, 0.15) is 27.9 Å². The van der Waals surface area contributed by atoms with E-state index in [2.05, 4.69) is 5.43 Å². The number of phenols is 1. The number of nitrogens with zero attached hydrogens (tertiary/aromatic N) is 1. The molecule has 2 aromatic carbocycles. The van der Waals surface area contributed by atoms with Gasteiger partial charge in [0.1, 0.15) is 5.75 Å². The summed E-state index contributed by atoms with van der Waals surface area (Å²) in [7, 11) is 0. The number of para-hydroxylation sites is 1. The molecule has 0 atom stereocenters. The summed E-state index contributed by atoms with van der Waals surface area (Å²) in [5, 5.41) is 12.2.